The first kappa shape index (κ1) is 27.0. The van der Waals surface area contributed by atoms with E-state index in [-0.39, 0.29) is 57.0 Å². The summed E-state index contributed by atoms with van der Waals surface area (Å²) in [5.74, 6) is -1.18. The summed E-state index contributed by atoms with van der Waals surface area (Å²) in [6, 6.07) is 0. The monoisotopic (exact) mass is 428 g/mol. The number of carbonyl (C=O) groups is 4. The Morgan fingerprint density at radius 2 is 1.20 bits per heavy atom. The third-order valence-corrected chi connectivity index (χ3v) is 3.81. The lowest BCUT2D eigenvalue weighted by Crippen LogP contribution is -2.57. The number of ether oxygens (including phenoxy) is 4. The Bertz CT molecular complexity index is 613. The van der Waals surface area contributed by atoms with Crippen LogP contribution in [0, 0.1) is 0 Å². The zero-order valence-electron chi connectivity index (χ0n) is 18.1. The van der Waals surface area contributed by atoms with E-state index < -0.39 is 29.7 Å². The highest BCUT2D eigenvalue weighted by Crippen LogP contribution is 2.17. The molecule has 2 N–H and O–H groups in total. The Balaban J connectivity index is 5.43. The molecule has 0 aliphatic rings. The maximum absolute atomic E-state index is 12.1. The second kappa shape index (κ2) is 14.0. The molecule has 0 aromatic carbocycles. The van der Waals surface area contributed by atoms with E-state index in [9.17, 15) is 19.2 Å². The standard InChI is InChI=1S/C20H32N2O8/c1-7-27-18(25)21-13-20(22-19(26)28-8-2,9-11-29-16(23)14(3)4)10-12-30-17(24)15(5)6/h3,5,7-13H2,1-2,4,6H3,(H,21,25)(H,22,26). The first-order chi connectivity index (χ1) is 14.1. The van der Waals surface area contributed by atoms with Crippen molar-refractivity contribution in [3.8, 4) is 0 Å². The lowest BCUT2D eigenvalue weighted by atomic mass is 9.91. The van der Waals surface area contributed by atoms with Crippen LogP contribution in [0.2, 0.25) is 0 Å². The third kappa shape index (κ3) is 11.1. The maximum atomic E-state index is 12.1. The Kier molecular flexibility index (Phi) is 12.6. The molecule has 0 aromatic heterocycles. The van der Waals surface area contributed by atoms with Crippen LogP contribution in [0.4, 0.5) is 9.59 Å². The molecule has 0 spiro atoms. The van der Waals surface area contributed by atoms with E-state index in [0.717, 1.165) is 0 Å². The van der Waals surface area contributed by atoms with Gasteiger partial charge in [-0.1, -0.05) is 13.2 Å². The lowest BCUT2D eigenvalue weighted by Gasteiger charge is -2.34. The molecule has 0 radical (unpaired) electrons. The summed E-state index contributed by atoms with van der Waals surface area (Å²) in [7, 11) is 0. The lowest BCUT2D eigenvalue weighted by molar-refractivity contribution is -0.139. The molecular formula is C20H32N2O8. The zero-order chi connectivity index (χ0) is 23.2. The number of alkyl carbamates (subject to hydrolysis) is 2. The van der Waals surface area contributed by atoms with Gasteiger partial charge in [0.15, 0.2) is 0 Å². The summed E-state index contributed by atoms with van der Waals surface area (Å²) in [5.41, 5.74) is -0.707. The molecule has 0 bridgehead atoms. The number of rotatable bonds is 13. The molecule has 0 atom stereocenters. The van der Waals surface area contributed by atoms with E-state index in [4.69, 9.17) is 18.9 Å². The van der Waals surface area contributed by atoms with Gasteiger partial charge in [-0.2, -0.15) is 0 Å². The molecular weight excluding hydrogens is 396 g/mol. The SMILES string of the molecule is C=C(C)C(=O)OCCC(CCOC(=O)C(=C)C)(CNC(=O)OCC)NC(=O)OCC. The molecule has 0 aliphatic carbocycles. The number of hydrogen-bond donors (Lipinski definition) is 2. The highest BCUT2D eigenvalue weighted by atomic mass is 16.6. The van der Waals surface area contributed by atoms with E-state index in [1.54, 1.807) is 13.8 Å². The van der Waals surface area contributed by atoms with Crippen molar-refractivity contribution < 1.29 is 38.1 Å². The van der Waals surface area contributed by atoms with Crippen LogP contribution in [0.25, 0.3) is 0 Å². The minimum absolute atomic E-state index is 0.0834. The highest BCUT2D eigenvalue weighted by molar-refractivity contribution is 5.87. The Hall–Kier alpha value is -3.04. The van der Waals surface area contributed by atoms with Crippen molar-refractivity contribution >= 4 is 24.1 Å². The molecule has 0 heterocycles. The van der Waals surface area contributed by atoms with Gasteiger partial charge >= 0.3 is 24.1 Å². The average molecular weight is 428 g/mol. The van der Waals surface area contributed by atoms with E-state index >= 15 is 0 Å². The summed E-state index contributed by atoms with van der Waals surface area (Å²) in [5, 5.41) is 5.22. The first-order valence-electron chi connectivity index (χ1n) is 9.57. The molecule has 0 rings (SSSR count). The van der Waals surface area contributed by atoms with E-state index in [1.165, 1.54) is 13.8 Å². The Labute approximate surface area is 176 Å². The van der Waals surface area contributed by atoms with Gasteiger partial charge in [0.25, 0.3) is 0 Å². The van der Waals surface area contributed by atoms with Crippen LogP contribution in [0.3, 0.4) is 0 Å². The molecule has 0 aromatic rings. The van der Waals surface area contributed by atoms with E-state index in [0.29, 0.717) is 0 Å². The fourth-order valence-corrected chi connectivity index (χ4v) is 2.20. The average Bonchev–Trinajstić information content (AvgIpc) is 2.66. The minimum Gasteiger partial charge on any atom is -0.462 e. The predicted octanol–water partition coefficient (Wildman–Crippen LogP) is 2.24. The van der Waals surface area contributed by atoms with Gasteiger partial charge in [-0.05, 0) is 27.7 Å². The summed E-state index contributed by atoms with van der Waals surface area (Å²) >= 11 is 0. The molecule has 2 amide bonds. The minimum atomic E-state index is -1.15. The fraction of sp³-hybridized carbons (Fsp3) is 0.600. The topological polar surface area (TPSA) is 129 Å². The van der Waals surface area contributed by atoms with Crippen LogP contribution in [0.5, 0.6) is 0 Å². The van der Waals surface area contributed by atoms with Crippen molar-refractivity contribution in [1.29, 1.82) is 0 Å². The van der Waals surface area contributed by atoms with Gasteiger partial charge in [0.1, 0.15) is 0 Å². The van der Waals surface area contributed by atoms with Gasteiger partial charge in [0.05, 0.1) is 32.0 Å². The molecule has 0 unspecified atom stereocenters. The summed E-state index contributed by atoms with van der Waals surface area (Å²) in [6.45, 7) is 13.3. The molecule has 30 heavy (non-hydrogen) atoms. The summed E-state index contributed by atoms with van der Waals surface area (Å²) in [6.07, 6.45) is -1.23. The molecule has 10 heteroatoms. The fourth-order valence-electron chi connectivity index (χ4n) is 2.20. The summed E-state index contributed by atoms with van der Waals surface area (Å²) < 4.78 is 20.0. The van der Waals surface area contributed by atoms with Gasteiger partial charge in [-0.15, -0.1) is 0 Å². The summed E-state index contributed by atoms with van der Waals surface area (Å²) in [4.78, 5) is 47.3. The number of amides is 2. The van der Waals surface area contributed by atoms with Crippen LogP contribution >= 0.6 is 0 Å². The van der Waals surface area contributed by atoms with Crippen LogP contribution in [-0.4, -0.2) is 62.6 Å². The smallest absolute Gasteiger partial charge is 0.407 e. The van der Waals surface area contributed by atoms with Crippen molar-refractivity contribution in [2.75, 3.05) is 33.0 Å². The third-order valence-electron chi connectivity index (χ3n) is 3.81. The Morgan fingerprint density at radius 1 is 0.767 bits per heavy atom. The number of esters is 2. The molecule has 0 saturated carbocycles. The van der Waals surface area contributed by atoms with E-state index in [2.05, 4.69) is 23.8 Å². The van der Waals surface area contributed by atoms with Gasteiger partial charge in [0.2, 0.25) is 0 Å². The molecule has 10 nitrogen and oxygen atoms in total. The largest absolute Gasteiger partial charge is 0.462 e. The maximum Gasteiger partial charge on any atom is 0.407 e. The van der Waals surface area contributed by atoms with E-state index in [1.807, 2.05) is 0 Å². The number of hydrogen-bond acceptors (Lipinski definition) is 8. The predicted molar refractivity (Wildman–Crippen MR) is 109 cm³/mol. The number of nitrogens with one attached hydrogen (secondary N) is 2. The molecule has 0 fully saturated rings. The molecule has 170 valence electrons. The van der Waals surface area contributed by atoms with Gasteiger partial charge in [-0.3, -0.25) is 0 Å². The van der Waals surface area contributed by atoms with Crippen molar-refractivity contribution in [2.24, 2.45) is 0 Å². The van der Waals surface area contributed by atoms with Crippen molar-refractivity contribution in [3.05, 3.63) is 24.3 Å². The van der Waals surface area contributed by atoms with Crippen molar-refractivity contribution in [1.82, 2.24) is 10.6 Å². The second-order valence-corrected chi connectivity index (χ2v) is 6.53. The second-order valence-electron chi connectivity index (χ2n) is 6.53. The van der Waals surface area contributed by atoms with Gasteiger partial charge < -0.3 is 29.6 Å². The zero-order valence-corrected chi connectivity index (χ0v) is 18.1. The molecule has 0 aliphatic heterocycles. The van der Waals surface area contributed by atoms with Crippen LogP contribution in [-0.2, 0) is 28.5 Å². The van der Waals surface area contributed by atoms with Crippen LogP contribution < -0.4 is 10.6 Å². The molecule has 0 saturated heterocycles. The first-order valence-corrected chi connectivity index (χ1v) is 9.57. The van der Waals surface area contributed by atoms with Crippen LogP contribution in [0.1, 0.15) is 40.5 Å². The van der Waals surface area contributed by atoms with Crippen molar-refractivity contribution in [2.45, 2.75) is 46.1 Å². The normalized spacial score (nSPS) is 10.4. The highest BCUT2D eigenvalue weighted by Gasteiger charge is 2.34. The van der Waals surface area contributed by atoms with Gasteiger partial charge in [0, 0.05) is 30.5 Å². The van der Waals surface area contributed by atoms with Gasteiger partial charge in [-0.25, -0.2) is 19.2 Å². The van der Waals surface area contributed by atoms with Crippen molar-refractivity contribution in [3.63, 3.8) is 0 Å². The number of carbonyl (C=O) groups excluding carboxylic acids is 4. The Morgan fingerprint density at radius 3 is 1.60 bits per heavy atom. The van der Waals surface area contributed by atoms with Crippen LogP contribution in [0.15, 0.2) is 24.3 Å². The quantitative estimate of drug-likeness (QED) is 0.260.